The molecule has 1 aromatic rings. The zero-order valence-electron chi connectivity index (χ0n) is 12.5. The first-order valence-corrected chi connectivity index (χ1v) is 10.1. The summed E-state index contributed by atoms with van der Waals surface area (Å²) in [6, 6.07) is 0.269. The van der Waals surface area contributed by atoms with Crippen molar-refractivity contribution in [1.82, 2.24) is 4.37 Å². The third-order valence-corrected chi connectivity index (χ3v) is 7.88. The quantitative estimate of drug-likeness (QED) is 0.867. The molecule has 0 aliphatic heterocycles. The van der Waals surface area contributed by atoms with Crippen LogP contribution in [0.5, 0.6) is 0 Å². The Bertz CT molecular complexity index is 626. The largest absolute Gasteiger partial charge is 0.382 e. The fourth-order valence-corrected chi connectivity index (χ4v) is 6.30. The second kappa shape index (κ2) is 5.43. The van der Waals surface area contributed by atoms with Crippen molar-refractivity contribution in [2.24, 2.45) is 17.8 Å². The Morgan fingerprint density at radius 2 is 2.19 bits per heavy atom. The molecular weight excluding hydrogens is 306 g/mol. The van der Waals surface area contributed by atoms with Crippen LogP contribution in [0.3, 0.4) is 0 Å². The van der Waals surface area contributed by atoms with E-state index in [1.54, 1.807) is 6.92 Å². The highest BCUT2D eigenvalue weighted by Crippen LogP contribution is 2.50. The highest BCUT2D eigenvalue weighted by Gasteiger charge is 2.42. The van der Waals surface area contributed by atoms with Gasteiger partial charge in [0.25, 0.3) is 0 Å². The number of hydrogen-bond acceptors (Lipinski definition) is 6. The average molecular weight is 329 g/mol. The summed E-state index contributed by atoms with van der Waals surface area (Å²) in [6.07, 6.45) is 5.31. The fourth-order valence-electron chi connectivity index (χ4n) is 4.05. The van der Waals surface area contributed by atoms with E-state index in [1.807, 2.05) is 0 Å². The molecule has 0 radical (unpaired) electrons. The molecule has 4 unspecified atom stereocenters. The molecule has 0 saturated heterocycles. The van der Waals surface area contributed by atoms with Crippen LogP contribution in [0.4, 0.5) is 10.8 Å². The number of nitrogen functional groups attached to an aromatic ring is 1. The van der Waals surface area contributed by atoms with Crippen LogP contribution < -0.4 is 11.1 Å². The third kappa shape index (κ3) is 2.65. The molecule has 0 aromatic carbocycles. The van der Waals surface area contributed by atoms with E-state index in [1.165, 1.54) is 25.7 Å². The molecule has 5 nitrogen and oxygen atoms in total. The predicted molar refractivity (Wildman–Crippen MR) is 86.3 cm³/mol. The van der Waals surface area contributed by atoms with Gasteiger partial charge in [-0.3, -0.25) is 0 Å². The maximum atomic E-state index is 12.2. The Balaban J connectivity index is 1.79. The van der Waals surface area contributed by atoms with Crippen molar-refractivity contribution >= 4 is 32.2 Å². The first-order chi connectivity index (χ1) is 9.92. The van der Waals surface area contributed by atoms with Crippen LogP contribution in [-0.4, -0.2) is 24.6 Å². The molecule has 0 amide bonds. The molecule has 2 aliphatic carbocycles. The SMILES string of the molecule is CCS(=O)(=O)c1c(N)nsc1NC(C)C1CC2CCC1C2. The van der Waals surface area contributed by atoms with Crippen molar-refractivity contribution in [3.8, 4) is 0 Å². The van der Waals surface area contributed by atoms with Gasteiger partial charge in [-0.2, -0.15) is 4.37 Å². The van der Waals surface area contributed by atoms with E-state index < -0.39 is 9.84 Å². The lowest BCUT2D eigenvalue weighted by molar-refractivity contribution is 0.304. The molecule has 1 heterocycles. The smallest absolute Gasteiger partial charge is 0.184 e. The van der Waals surface area contributed by atoms with Crippen LogP contribution in [0.1, 0.15) is 39.5 Å². The van der Waals surface area contributed by atoms with Crippen molar-refractivity contribution in [3.05, 3.63) is 0 Å². The van der Waals surface area contributed by atoms with Crippen LogP contribution in [0, 0.1) is 17.8 Å². The first-order valence-electron chi connectivity index (χ1n) is 7.66. The van der Waals surface area contributed by atoms with E-state index in [9.17, 15) is 8.42 Å². The van der Waals surface area contributed by atoms with Crippen molar-refractivity contribution in [2.75, 3.05) is 16.8 Å². The molecule has 3 N–H and O–H groups in total. The number of nitrogens with one attached hydrogen (secondary N) is 1. The standard InChI is InChI=1S/C14H23N3O2S2/c1-3-21(18,19)12-13(15)17-20-14(12)16-8(2)11-7-9-4-5-10(11)6-9/h8-11,16H,3-7H2,1-2H3,(H2,15,17). The second-order valence-corrected chi connectivity index (χ2v) is 9.39. The molecule has 4 atom stereocenters. The van der Waals surface area contributed by atoms with E-state index in [0.717, 1.165) is 23.4 Å². The van der Waals surface area contributed by atoms with Crippen LogP contribution in [-0.2, 0) is 9.84 Å². The van der Waals surface area contributed by atoms with Gasteiger partial charge in [0.1, 0.15) is 9.90 Å². The lowest BCUT2D eigenvalue weighted by Gasteiger charge is -2.28. The van der Waals surface area contributed by atoms with E-state index in [2.05, 4.69) is 16.6 Å². The predicted octanol–water partition coefficient (Wildman–Crippen LogP) is 2.76. The summed E-state index contributed by atoms with van der Waals surface area (Å²) in [7, 11) is -3.34. The minimum Gasteiger partial charge on any atom is -0.382 e. The number of fused-ring (bicyclic) bond motifs is 2. The monoisotopic (exact) mass is 329 g/mol. The molecule has 118 valence electrons. The molecule has 2 bridgehead atoms. The normalized spacial score (nSPS) is 29.7. The lowest BCUT2D eigenvalue weighted by atomic mass is 9.84. The molecule has 1 aromatic heterocycles. The summed E-state index contributed by atoms with van der Waals surface area (Å²) in [4.78, 5) is 0.199. The number of nitrogens with zero attached hydrogens (tertiary/aromatic N) is 1. The number of rotatable bonds is 5. The zero-order chi connectivity index (χ0) is 15.2. The molecule has 7 heteroatoms. The maximum absolute atomic E-state index is 12.2. The fraction of sp³-hybridized carbons (Fsp3) is 0.786. The minimum atomic E-state index is -3.34. The Morgan fingerprint density at radius 1 is 1.43 bits per heavy atom. The van der Waals surface area contributed by atoms with Crippen LogP contribution in [0.15, 0.2) is 4.90 Å². The summed E-state index contributed by atoms with van der Waals surface area (Å²) < 4.78 is 28.4. The summed E-state index contributed by atoms with van der Waals surface area (Å²) in [5, 5.41) is 4.01. The van der Waals surface area contributed by atoms with Gasteiger partial charge in [-0.05, 0) is 55.5 Å². The highest BCUT2D eigenvalue weighted by molar-refractivity contribution is 7.91. The van der Waals surface area contributed by atoms with Gasteiger partial charge in [0.05, 0.1) is 5.75 Å². The van der Waals surface area contributed by atoms with Gasteiger partial charge in [0.15, 0.2) is 15.7 Å². The summed E-state index contributed by atoms with van der Waals surface area (Å²) in [5.41, 5.74) is 5.77. The van der Waals surface area contributed by atoms with Gasteiger partial charge >= 0.3 is 0 Å². The number of anilines is 2. The molecule has 2 fully saturated rings. The average Bonchev–Trinajstić information content (AvgIpc) is 3.14. The highest BCUT2D eigenvalue weighted by atomic mass is 32.2. The van der Waals surface area contributed by atoms with Crippen LogP contribution >= 0.6 is 11.5 Å². The molecular formula is C14H23N3O2S2. The molecule has 2 saturated carbocycles. The Morgan fingerprint density at radius 3 is 2.76 bits per heavy atom. The summed E-state index contributed by atoms with van der Waals surface area (Å²) >= 11 is 1.16. The van der Waals surface area contributed by atoms with Crippen molar-refractivity contribution in [1.29, 1.82) is 0 Å². The molecule has 0 spiro atoms. The Labute approximate surface area is 130 Å². The van der Waals surface area contributed by atoms with Crippen LogP contribution in [0.2, 0.25) is 0 Å². The number of sulfone groups is 1. The molecule has 21 heavy (non-hydrogen) atoms. The topological polar surface area (TPSA) is 85.1 Å². The molecule has 3 rings (SSSR count). The number of hydrogen-bond donors (Lipinski definition) is 2. The Hall–Kier alpha value is -0.820. The van der Waals surface area contributed by atoms with Crippen LogP contribution in [0.25, 0.3) is 0 Å². The van der Waals surface area contributed by atoms with Gasteiger partial charge in [-0.25, -0.2) is 8.42 Å². The van der Waals surface area contributed by atoms with Crippen molar-refractivity contribution in [3.63, 3.8) is 0 Å². The van der Waals surface area contributed by atoms with Gasteiger partial charge in [-0.1, -0.05) is 13.3 Å². The van der Waals surface area contributed by atoms with E-state index in [-0.39, 0.29) is 22.5 Å². The van der Waals surface area contributed by atoms with E-state index in [4.69, 9.17) is 5.73 Å². The van der Waals surface area contributed by atoms with E-state index >= 15 is 0 Å². The lowest BCUT2D eigenvalue weighted by Crippen LogP contribution is -2.30. The molecule has 2 aliphatic rings. The Kier molecular flexibility index (Phi) is 3.90. The van der Waals surface area contributed by atoms with Gasteiger partial charge < -0.3 is 11.1 Å². The zero-order valence-corrected chi connectivity index (χ0v) is 14.1. The summed E-state index contributed by atoms with van der Waals surface area (Å²) in [5.74, 6) is 2.50. The first kappa shape index (κ1) is 15.1. The van der Waals surface area contributed by atoms with E-state index in [0.29, 0.717) is 10.9 Å². The minimum absolute atomic E-state index is 0.0484. The van der Waals surface area contributed by atoms with Gasteiger partial charge in [0.2, 0.25) is 0 Å². The van der Waals surface area contributed by atoms with Crippen molar-refractivity contribution < 1.29 is 8.42 Å². The van der Waals surface area contributed by atoms with Crippen molar-refractivity contribution in [2.45, 2.75) is 50.5 Å². The summed E-state index contributed by atoms with van der Waals surface area (Å²) in [6.45, 7) is 3.79. The third-order valence-electron chi connectivity index (χ3n) is 5.16. The van der Waals surface area contributed by atoms with Gasteiger partial charge in [0, 0.05) is 6.04 Å². The van der Waals surface area contributed by atoms with Gasteiger partial charge in [-0.15, -0.1) is 0 Å². The second-order valence-electron chi connectivity index (χ2n) is 6.40. The number of nitrogens with two attached hydrogens (primary N) is 1. The maximum Gasteiger partial charge on any atom is 0.184 e. The number of aromatic nitrogens is 1.